The number of thiophene rings is 1. The van der Waals surface area contributed by atoms with E-state index in [2.05, 4.69) is 24.0 Å². The molecule has 2 rings (SSSR count). The van der Waals surface area contributed by atoms with Crippen molar-refractivity contribution in [2.75, 3.05) is 0 Å². The van der Waals surface area contributed by atoms with Crippen LogP contribution >= 0.6 is 24.0 Å². The third-order valence-electron chi connectivity index (χ3n) is 3.05. The van der Waals surface area contributed by atoms with E-state index < -0.39 is 11.9 Å². The predicted octanol–water partition coefficient (Wildman–Crippen LogP) is 3.33. The van der Waals surface area contributed by atoms with Gasteiger partial charge in [-0.2, -0.15) is 5.26 Å². The van der Waals surface area contributed by atoms with Gasteiger partial charge in [0.1, 0.15) is 0 Å². The van der Waals surface area contributed by atoms with Gasteiger partial charge in [-0.05, 0) is 32.2 Å². The zero-order valence-electron chi connectivity index (χ0n) is 12.0. The number of ether oxygens (including phenoxy) is 1. The molecule has 1 aliphatic rings. The molecule has 0 spiro atoms. The van der Waals surface area contributed by atoms with Gasteiger partial charge < -0.3 is 10.1 Å². The van der Waals surface area contributed by atoms with Crippen LogP contribution in [-0.2, 0) is 9.53 Å². The van der Waals surface area contributed by atoms with E-state index in [9.17, 15) is 10.1 Å². The molecule has 1 atom stereocenters. The average Bonchev–Trinajstić information content (AvgIpc) is 2.90. The maximum Gasteiger partial charge on any atom is 0.337 e. The van der Waals surface area contributed by atoms with E-state index in [0.29, 0.717) is 21.9 Å². The van der Waals surface area contributed by atoms with Crippen molar-refractivity contribution in [1.29, 1.82) is 5.26 Å². The van der Waals surface area contributed by atoms with Crippen LogP contribution in [0.1, 0.15) is 31.6 Å². The molecule has 0 saturated carbocycles. The Morgan fingerprint density at radius 1 is 1.57 bits per heavy atom. The van der Waals surface area contributed by atoms with Crippen molar-refractivity contribution in [2.24, 2.45) is 0 Å². The number of dihydropyridines is 1. The quantitative estimate of drug-likeness (QED) is 0.662. The minimum atomic E-state index is -0.421. The van der Waals surface area contributed by atoms with E-state index in [4.69, 9.17) is 4.74 Å². The first-order valence-electron chi connectivity index (χ1n) is 6.51. The zero-order chi connectivity index (χ0) is 15.6. The van der Waals surface area contributed by atoms with Crippen molar-refractivity contribution < 1.29 is 9.53 Å². The Morgan fingerprint density at radius 3 is 2.81 bits per heavy atom. The maximum atomic E-state index is 12.4. The van der Waals surface area contributed by atoms with Gasteiger partial charge in [-0.1, -0.05) is 6.07 Å². The third-order valence-corrected chi connectivity index (χ3v) is 4.34. The van der Waals surface area contributed by atoms with Crippen LogP contribution in [0.5, 0.6) is 0 Å². The van der Waals surface area contributed by atoms with E-state index >= 15 is 0 Å². The van der Waals surface area contributed by atoms with E-state index in [0.717, 1.165) is 4.88 Å². The first-order chi connectivity index (χ1) is 9.95. The number of allylic oxidation sites excluding steroid dienone is 2. The monoisotopic (exact) mass is 320 g/mol. The zero-order valence-corrected chi connectivity index (χ0v) is 13.7. The first-order valence-corrected chi connectivity index (χ1v) is 7.83. The SMILES string of the molecule is CC1=C(C(=O)OC(C)C)C(c2cccs2)C(C#N)=C(S)N1. The Kier molecular flexibility index (Phi) is 4.76. The van der Waals surface area contributed by atoms with Gasteiger partial charge in [0.15, 0.2) is 0 Å². The highest BCUT2D eigenvalue weighted by atomic mass is 32.1. The highest BCUT2D eigenvalue weighted by Gasteiger charge is 2.35. The number of carbonyl (C=O) groups is 1. The number of nitrogens with zero attached hydrogens (tertiary/aromatic N) is 1. The fourth-order valence-corrected chi connectivity index (χ4v) is 3.41. The molecule has 4 nitrogen and oxygen atoms in total. The minimum Gasteiger partial charge on any atom is -0.460 e. The standard InChI is InChI=1S/C15H16N2O2S2/c1-8(2)19-15(18)12-9(3)17-14(20)10(7-16)13(12)11-5-4-6-21-11/h4-6,8,13,17,20H,1-3H3. The molecule has 0 saturated heterocycles. The minimum absolute atomic E-state index is 0.214. The molecule has 1 aliphatic heterocycles. The van der Waals surface area contributed by atoms with Gasteiger partial charge in [0, 0.05) is 10.6 Å². The number of rotatable bonds is 3. The smallest absolute Gasteiger partial charge is 0.337 e. The lowest BCUT2D eigenvalue weighted by Crippen LogP contribution is -2.28. The molecule has 1 unspecified atom stereocenters. The number of carbonyl (C=O) groups excluding carboxylic acids is 1. The van der Waals surface area contributed by atoms with Crippen LogP contribution in [0.25, 0.3) is 0 Å². The van der Waals surface area contributed by atoms with E-state index in [-0.39, 0.29) is 6.10 Å². The normalized spacial score (nSPS) is 18.6. The molecule has 0 bridgehead atoms. The van der Waals surface area contributed by atoms with Gasteiger partial charge in [-0.3, -0.25) is 0 Å². The Labute approximate surface area is 133 Å². The molecule has 0 amide bonds. The molecular weight excluding hydrogens is 304 g/mol. The van der Waals surface area contributed by atoms with Gasteiger partial charge in [-0.25, -0.2) is 4.79 Å². The Hall–Kier alpha value is -1.71. The van der Waals surface area contributed by atoms with Crippen molar-refractivity contribution in [1.82, 2.24) is 5.32 Å². The summed E-state index contributed by atoms with van der Waals surface area (Å²) in [6.07, 6.45) is -0.214. The predicted molar refractivity (Wildman–Crippen MR) is 85.7 cm³/mol. The molecule has 6 heteroatoms. The van der Waals surface area contributed by atoms with Crippen LogP contribution in [0.2, 0.25) is 0 Å². The van der Waals surface area contributed by atoms with Gasteiger partial charge in [-0.15, -0.1) is 24.0 Å². The average molecular weight is 320 g/mol. The summed E-state index contributed by atoms with van der Waals surface area (Å²) >= 11 is 5.83. The lowest BCUT2D eigenvalue weighted by molar-refractivity contribution is -0.143. The number of thiol groups is 1. The molecule has 1 aromatic rings. The Bertz CT molecular complexity index is 652. The van der Waals surface area contributed by atoms with Crippen LogP contribution in [0.3, 0.4) is 0 Å². The van der Waals surface area contributed by atoms with Gasteiger partial charge >= 0.3 is 5.97 Å². The van der Waals surface area contributed by atoms with Crippen LogP contribution in [0.4, 0.5) is 0 Å². The molecule has 2 heterocycles. The first kappa shape index (κ1) is 15.7. The summed E-state index contributed by atoms with van der Waals surface area (Å²) in [6, 6.07) is 5.97. The second-order valence-electron chi connectivity index (χ2n) is 4.94. The number of nitrogens with one attached hydrogen (secondary N) is 1. The van der Waals surface area contributed by atoms with Crippen LogP contribution in [0.15, 0.2) is 39.4 Å². The van der Waals surface area contributed by atoms with E-state index in [1.807, 2.05) is 17.5 Å². The fraction of sp³-hybridized carbons (Fsp3) is 0.333. The molecule has 0 fully saturated rings. The topological polar surface area (TPSA) is 62.1 Å². The molecule has 1 aromatic heterocycles. The molecule has 110 valence electrons. The molecule has 0 radical (unpaired) electrons. The Balaban J connectivity index is 2.52. The fourth-order valence-electron chi connectivity index (χ4n) is 2.22. The third kappa shape index (κ3) is 3.14. The second kappa shape index (κ2) is 6.37. The molecule has 1 N–H and O–H groups in total. The molecule has 0 aliphatic carbocycles. The van der Waals surface area contributed by atoms with Crippen LogP contribution in [-0.4, -0.2) is 12.1 Å². The molecule has 0 aromatic carbocycles. The van der Waals surface area contributed by atoms with Crippen molar-refractivity contribution in [2.45, 2.75) is 32.8 Å². The van der Waals surface area contributed by atoms with Crippen molar-refractivity contribution >= 4 is 29.9 Å². The summed E-state index contributed by atoms with van der Waals surface area (Å²) in [7, 11) is 0. The summed E-state index contributed by atoms with van der Waals surface area (Å²) in [6.45, 7) is 5.40. The van der Waals surface area contributed by atoms with E-state index in [1.54, 1.807) is 20.8 Å². The highest BCUT2D eigenvalue weighted by Crippen LogP contribution is 2.40. The molecular formula is C15H16N2O2S2. The van der Waals surface area contributed by atoms with Crippen LogP contribution < -0.4 is 5.32 Å². The van der Waals surface area contributed by atoms with Crippen molar-refractivity contribution in [3.05, 3.63) is 44.3 Å². The van der Waals surface area contributed by atoms with E-state index in [1.165, 1.54) is 11.3 Å². The van der Waals surface area contributed by atoms with Crippen LogP contribution in [0, 0.1) is 11.3 Å². The lowest BCUT2D eigenvalue weighted by atomic mass is 9.87. The van der Waals surface area contributed by atoms with Gasteiger partial charge in [0.2, 0.25) is 0 Å². The lowest BCUT2D eigenvalue weighted by Gasteiger charge is -2.27. The number of esters is 1. The summed E-state index contributed by atoms with van der Waals surface area (Å²) < 4.78 is 5.33. The second-order valence-corrected chi connectivity index (χ2v) is 6.37. The number of hydrogen-bond acceptors (Lipinski definition) is 6. The summed E-state index contributed by atoms with van der Waals surface area (Å²) in [4.78, 5) is 13.3. The maximum absolute atomic E-state index is 12.4. The largest absolute Gasteiger partial charge is 0.460 e. The van der Waals surface area contributed by atoms with Gasteiger partial charge in [0.25, 0.3) is 0 Å². The summed E-state index contributed by atoms with van der Waals surface area (Å²) in [5.74, 6) is -0.822. The van der Waals surface area contributed by atoms with Gasteiger partial charge in [0.05, 0.1) is 34.3 Å². The highest BCUT2D eigenvalue weighted by molar-refractivity contribution is 7.84. The molecule has 21 heavy (non-hydrogen) atoms. The summed E-state index contributed by atoms with van der Waals surface area (Å²) in [5, 5.41) is 14.8. The van der Waals surface area contributed by atoms with Crippen molar-refractivity contribution in [3.63, 3.8) is 0 Å². The van der Waals surface area contributed by atoms with Crippen molar-refractivity contribution in [3.8, 4) is 6.07 Å². The number of hydrogen-bond donors (Lipinski definition) is 2. The summed E-state index contributed by atoms with van der Waals surface area (Å²) in [5.41, 5.74) is 1.57. The Morgan fingerprint density at radius 2 is 2.29 bits per heavy atom. The number of nitriles is 1.